The predicted octanol–water partition coefficient (Wildman–Crippen LogP) is 4.69. The van der Waals surface area contributed by atoms with E-state index in [0.717, 1.165) is 24.9 Å². The van der Waals surface area contributed by atoms with Gasteiger partial charge in [0, 0.05) is 17.7 Å². The van der Waals surface area contributed by atoms with Gasteiger partial charge in [-0.2, -0.15) is 0 Å². The Balaban J connectivity index is 2.13. The molecular formula is C20H26FNO2. The molecule has 2 aromatic carbocycles. The molecule has 0 unspecified atom stereocenters. The third-order valence-corrected chi connectivity index (χ3v) is 3.71. The second-order valence-corrected chi connectivity index (χ2v) is 5.59. The second kappa shape index (κ2) is 9.93. The summed E-state index contributed by atoms with van der Waals surface area (Å²) in [6.45, 7) is 6.50. The van der Waals surface area contributed by atoms with Gasteiger partial charge in [0.15, 0.2) is 11.5 Å². The summed E-state index contributed by atoms with van der Waals surface area (Å²) in [4.78, 5) is 0. The fraction of sp³-hybridized carbons (Fsp3) is 0.400. The highest BCUT2D eigenvalue weighted by molar-refractivity contribution is 5.46. The molecule has 0 aliphatic heterocycles. The number of nitrogens with one attached hydrogen (secondary N) is 1. The molecule has 0 atom stereocenters. The number of halogens is 1. The van der Waals surface area contributed by atoms with Crippen LogP contribution in [0.5, 0.6) is 11.5 Å². The number of hydrogen-bond donors (Lipinski definition) is 1. The lowest BCUT2D eigenvalue weighted by Gasteiger charge is -2.16. The highest BCUT2D eigenvalue weighted by Crippen LogP contribution is 2.32. The minimum Gasteiger partial charge on any atom is -0.490 e. The first kappa shape index (κ1) is 18.3. The molecule has 0 aliphatic carbocycles. The Morgan fingerprint density at radius 3 is 2.50 bits per heavy atom. The van der Waals surface area contributed by atoms with Crippen molar-refractivity contribution < 1.29 is 13.9 Å². The van der Waals surface area contributed by atoms with Gasteiger partial charge in [-0.15, -0.1) is 0 Å². The van der Waals surface area contributed by atoms with Gasteiger partial charge in [0.1, 0.15) is 12.4 Å². The minimum atomic E-state index is -0.256. The van der Waals surface area contributed by atoms with E-state index in [1.165, 1.54) is 6.07 Å². The molecule has 4 heteroatoms. The van der Waals surface area contributed by atoms with Gasteiger partial charge >= 0.3 is 0 Å². The predicted molar refractivity (Wildman–Crippen MR) is 95.0 cm³/mol. The number of ether oxygens (including phenoxy) is 2. The van der Waals surface area contributed by atoms with Crippen LogP contribution in [0, 0.1) is 5.82 Å². The van der Waals surface area contributed by atoms with E-state index >= 15 is 0 Å². The summed E-state index contributed by atoms with van der Waals surface area (Å²) in [5, 5.41) is 3.41. The quantitative estimate of drug-likeness (QED) is 0.641. The Hall–Kier alpha value is -2.07. The maximum absolute atomic E-state index is 13.8. The van der Waals surface area contributed by atoms with Gasteiger partial charge in [0.25, 0.3) is 0 Å². The normalized spacial score (nSPS) is 10.6. The molecule has 1 N–H and O–H groups in total. The van der Waals surface area contributed by atoms with E-state index < -0.39 is 0 Å². The number of unbranched alkanes of at least 4 members (excludes halogenated alkanes) is 1. The summed E-state index contributed by atoms with van der Waals surface area (Å²) in [5.41, 5.74) is 1.56. The van der Waals surface area contributed by atoms with E-state index in [2.05, 4.69) is 12.2 Å². The van der Waals surface area contributed by atoms with Crippen LogP contribution in [-0.4, -0.2) is 13.2 Å². The Bertz CT molecular complexity index is 631. The summed E-state index contributed by atoms with van der Waals surface area (Å²) >= 11 is 0. The molecule has 0 radical (unpaired) electrons. The van der Waals surface area contributed by atoms with Crippen molar-refractivity contribution in [2.75, 3.05) is 13.2 Å². The van der Waals surface area contributed by atoms with Crippen LogP contribution in [-0.2, 0) is 13.2 Å². The lowest BCUT2D eigenvalue weighted by atomic mass is 10.1. The maximum Gasteiger partial charge on any atom is 0.166 e. The Labute approximate surface area is 143 Å². The zero-order valence-electron chi connectivity index (χ0n) is 14.5. The van der Waals surface area contributed by atoms with Crippen molar-refractivity contribution in [1.82, 2.24) is 5.32 Å². The zero-order valence-corrected chi connectivity index (χ0v) is 14.5. The Kier molecular flexibility index (Phi) is 7.56. The lowest BCUT2D eigenvalue weighted by Crippen LogP contribution is -2.15. The van der Waals surface area contributed by atoms with Gasteiger partial charge in [-0.05, 0) is 32.0 Å². The first-order chi connectivity index (χ1) is 11.8. The first-order valence-electron chi connectivity index (χ1n) is 8.57. The van der Waals surface area contributed by atoms with Crippen molar-refractivity contribution in [2.45, 2.75) is 39.8 Å². The van der Waals surface area contributed by atoms with Gasteiger partial charge < -0.3 is 14.8 Å². The summed E-state index contributed by atoms with van der Waals surface area (Å²) in [7, 11) is 0. The monoisotopic (exact) mass is 331 g/mol. The van der Waals surface area contributed by atoms with Crippen LogP contribution < -0.4 is 14.8 Å². The fourth-order valence-corrected chi connectivity index (χ4v) is 2.42. The third-order valence-electron chi connectivity index (χ3n) is 3.71. The van der Waals surface area contributed by atoms with Crippen molar-refractivity contribution in [3.63, 3.8) is 0 Å². The Morgan fingerprint density at radius 2 is 1.75 bits per heavy atom. The summed E-state index contributed by atoms with van der Waals surface area (Å²) in [6.07, 6.45) is 2.29. The number of hydrogen-bond acceptors (Lipinski definition) is 3. The second-order valence-electron chi connectivity index (χ2n) is 5.59. The molecule has 3 nitrogen and oxygen atoms in total. The third kappa shape index (κ3) is 5.24. The van der Waals surface area contributed by atoms with Crippen LogP contribution in [0.15, 0.2) is 42.5 Å². The molecule has 0 fully saturated rings. The molecular weight excluding hydrogens is 305 g/mol. The molecule has 0 aliphatic rings. The smallest absolute Gasteiger partial charge is 0.166 e. The van der Waals surface area contributed by atoms with Crippen LogP contribution >= 0.6 is 0 Å². The van der Waals surface area contributed by atoms with Crippen molar-refractivity contribution in [3.05, 3.63) is 59.4 Å². The van der Waals surface area contributed by atoms with Gasteiger partial charge in [-0.3, -0.25) is 0 Å². The van der Waals surface area contributed by atoms with Crippen molar-refractivity contribution in [1.29, 1.82) is 0 Å². The maximum atomic E-state index is 13.8. The van der Waals surface area contributed by atoms with E-state index in [-0.39, 0.29) is 12.4 Å². The van der Waals surface area contributed by atoms with E-state index in [0.29, 0.717) is 30.2 Å². The molecule has 0 amide bonds. The van der Waals surface area contributed by atoms with Crippen LogP contribution in [0.1, 0.15) is 37.8 Å². The number of benzene rings is 2. The number of rotatable bonds is 10. The molecule has 0 heterocycles. The lowest BCUT2D eigenvalue weighted by molar-refractivity contribution is 0.262. The van der Waals surface area contributed by atoms with E-state index in [1.54, 1.807) is 12.1 Å². The van der Waals surface area contributed by atoms with Crippen molar-refractivity contribution >= 4 is 0 Å². The molecule has 0 bridgehead atoms. The molecule has 0 saturated carbocycles. The van der Waals surface area contributed by atoms with Gasteiger partial charge in [0.2, 0.25) is 0 Å². The average Bonchev–Trinajstić information content (AvgIpc) is 2.59. The SMILES string of the molecule is CCCCNCc1cccc(OCC)c1OCc1ccccc1F. The minimum absolute atomic E-state index is 0.179. The van der Waals surface area contributed by atoms with Crippen molar-refractivity contribution in [2.24, 2.45) is 0 Å². The molecule has 0 aromatic heterocycles. The summed E-state index contributed by atoms with van der Waals surface area (Å²) in [5.74, 6) is 1.13. The highest BCUT2D eigenvalue weighted by atomic mass is 19.1. The first-order valence-corrected chi connectivity index (χ1v) is 8.57. The fourth-order valence-electron chi connectivity index (χ4n) is 2.42. The molecule has 2 aromatic rings. The molecule has 0 spiro atoms. The number of para-hydroxylation sites is 1. The van der Waals surface area contributed by atoms with Crippen LogP contribution in [0.2, 0.25) is 0 Å². The standard InChI is InChI=1S/C20H26FNO2/c1-3-5-13-22-14-16-10-8-12-19(23-4-2)20(16)24-15-17-9-6-7-11-18(17)21/h6-12,22H,3-5,13-15H2,1-2H3. The topological polar surface area (TPSA) is 30.5 Å². The summed E-state index contributed by atoms with van der Waals surface area (Å²) in [6, 6.07) is 12.5. The van der Waals surface area contributed by atoms with E-state index in [1.807, 2.05) is 31.2 Å². The average molecular weight is 331 g/mol. The Morgan fingerprint density at radius 1 is 0.958 bits per heavy atom. The van der Waals surface area contributed by atoms with Gasteiger partial charge in [-0.1, -0.05) is 43.7 Å². The molecule has 130 valence electrons. The van der Waals surface area contributed by atoms with Crippen LogP contribution in [0.3, 0.4) is 0 Å². The van der Waals surface area contributed by atoms with Crippen LogP contribution in [0.25, 0.3) is 0 Å². The largest absolute Gasteiger partial charge is 0.490 e. The summed E-state index contributed by atoms with van der Waals surface area (Å²) < 4.78 is 25.4. The van der Waals surface area contributed by atoms with E-state index in [4.69, 9.17) is 9.47 Å². The van der Waals surface area contributed by atoms with Crippen LogP contribution in [0.4, 0.5) is 4.39 Å². The van der Waals surface area contributed by atoms with Gasteiger partial charge in [0.05, 0.1) is 6.61 Å². The highest BCUT2D eigenvalue weighted by Gasteiger charge is 2.12. The molecule has 2 rings (SSSR count). The molecule has 0 saturated heterocycles. The molecule has 24 heavy (non-hydrogen) atoms. The zero-order chi connectivity index (χ0) is 17.2. The van der Waals surface area contributed by atoms with Gasteiger partial charge in [-0.25, -0.2) is 4.39 Å². The van der Waals surface area contributed by atoms with Crippen molar-refractivity contribution in [3.8, 4) is 11.5 Å². The van der Waals surface area contributed by atoms with E-state index in [9.17, 15) is 4.39 Å².